The van der Waals surface area contributed by atoms with Crippen molar-refractivity contribution in [2.45, 2.75) is 52.0 Å². The van der Waals surface area contributed by atoms with Crippen LogP contribution >= 0.6 is 0 Å². The van der Waals surface area contributed by atoms with Gasteiger partial charge in [-0.15, -0.1) is 0 Å². The molecule has 2 rings (SSSR count). The maximum Gasteiger partial charge on any atom is 0.245 e. The highest BCUT2D eigenvalue weighted by Gasteiger charge is 2.32. The van der Waals surface area contributed by atoms with Crippen LogP contribution in [-0.4, -0.2) is 35.8 Å². The summed E-state index contributed by atoms with van der Waals surface area (Å²) >= 11 is 0. The Kier molecular flexibility index (Phi) is 4.25. The van der Waals surface area contributed by atoms with Gasteiger partial charge >= 0.3 is 0 Å². The van der Waals surface area contributed by atoms with Gasteiger partial charge in [-0.05, 0) is 18.3 Å². The zero-order valence-corrected chi connectivity index (χ0v) is 11.4. The summed E-state index contributed by atoms with van der Waals surface area (Å²) in [5.41, 5.74) is 0. The van der Waals surface area contributed by atoms with E-state index in [0.717, 1.165) is 18.9 Å². The Morgan fingerprint density at radius 2 is 2.06 bits per heavy atom. The number of amides is 2. The Labute approximate surface area is 109 Å². The maximum atomic E-state index is 12.4. The van der Waals surface area contributed by atoms with Crippen LogP contribution < -0.4 is 5.32 Å². The van der Waals surface area contributed by atoms with Crippen LogP contribution in [0.1, 0.15) is 46.0 Å². The van der Waals surface area contributed by atoms with E-state index in [1.54, 1.807) is 0 Å². The highest BCUT2D eigenvalue weighted by atomic mass is 16.2. The molecular weight excluding hydrogens is 228 g/mol. The molecule has 0 bridgehead atoms. The zero-order chi connectivity index (χ0) is 13.1. The van der Waals surface area contributed by atoms with Gasteiger partial charge in [0.2, 0.25) is 11.8 Å². The molecule has 102 valence electrons. The van der Waals surface area contributed by atoms with E-state index < -0.39 is 0 Å². The molecule has 0 aromatic heterocycles. The summed E-state index contributed by atoms with van der Waals surface area (Å²) in [7, 11) is 0. The third-order valence-corrected chi connectivity index (χ3v) is 4.20. The molecule has 2 amide bonds. The van der Waals surface area contributed by atoms with Gasteiger partial charge in [-0.3, -0.25) is 9.59 Å². The highest BCUT2D eigenvalue weighted by Crippen LogP contribution is 2.29. The topological polar surface area (TPSA) is 49.4 Å². The van der Waals surface area contributed by atoms with E-state index in [4.69, 9.17) is 0 Å². The number of rotatable bonds is 4. The fourth-order valence-electron chi connectivity index (χ4n) is 2.64. The van der Waals surface area contributed by atoms with Crippen molar-refractivity contribution in [1.29, 1.82) is 0 Å². The molecule has 0 aromatic carbocycles. The molecule has 4 heteroatoms. The zero-order valence-electron chi connectivity index (χ0n) is 11.4. The number of hydrogen-bond acceptors (Lipinski definition) is 2. The van der Waals surface area contributed by atoms with Crippen LogP contribution in [0.4, 0.5) is 0 Å². The van der Waals surface area contributed by atoms with Gasteiger partial charge < -0.3 is 10.2 Å². The Balaban J connectivity index is 1.94. The van der Waals surface area contributed by atoms with Crippen LogP contribution in [0.5, 0.6) is 0 Å². The lowest BCUT2D eigenvalue weighted by Gasteiger charge is -2.30. The first kappa shape index (κ1) is 13.4. The summed E-state index contributed by atoms with van der Waals surface area (Å²) in [6.07, 6.45) is 5.51. The van der Waals surface area contributed by atoms with E-state index in [2.05, 4.69) is 5.32 Å². The molecule has 0 radical (unpaired) electrons. The third kappa shape index (κ3) is 3.03. The monoisotopic (exact) mass is 252 g/mol. The smallest absolute Gasteiger partial charge is 0.245 e. The lowest BCUT2D eigenvalue weighted by atomic mass is 9.83. The second-order valence-electron chi connectivity index (χ2n) is 5.95. The molecule has 1 atom stereocenters. The van der Waals surface area contributed by atoms with Gasteiger partial charge in [-0.25, -0.2) is 0 Å². The Hall–Kier alpha value is -1.06. The summed E-state index contributed by atoms with van der Waals surface area (Å²) < 4.78 is 0. The van der Waals surface area contributed by atoms with Gasteiger partial charge in [0.1, 0.15) is 6.04 Å². The fraction of sp³-hybridized carbons (Fsp3) is 0.857. The van der Waals surface area contributed by atoms with Crippen molar-refractivity contribution in [3.63, 3.8) is 0 Å². The minimum Gasteiger partial charge on any atom is -0.344 e. The first-order valence-electron chi connectivity index (χ1n) is 7.16. The Bertz CT molecular complexity index is 324. The maximum absolute atomic E-state index is 12.4. The lowest BCUT2D eigenvalue weighted by molar-refractivity contribution is -0.134. The molecule has 1 heterocycles. The molecule has 2 fully saturated rings. The van der Waals surface area contributed by atoms with E-state index in [1.807, 2.05) is 18.7 Å². The standard InChI is InChI=1S/C14H24N2O2/c1-10(2)13-14(18)16(9-7-12(17)15-13)8-6-11-4-3-5-11/h10-11,13H,3-9H2,1-2H3,(H,15,17). The van der Waals surface area contributed by atoms with Crippen LogP contribution in [0.15, 0.2) is 0 Å². The van der Waals surface area contributed by atoms with Gasteiger partial charge in [0, 0.05) is 19.5 Å². The van der Waals surface area contributed by atoms with Crippen molar-refractivity contribution in [1.82, 2.24) is 10.2 Å². The highest BCUT2D eigenvalue weighted by molar-refractivity contribution is 5.90. The average molecular weight is 252 g/mol. The van der Waals surface area contributed by atoms with E-state index in [9.17, 15) is 9.59 Å². The molecule has 1 aliphatic carbocycles. The van der Waals surface area contributed by atoms with E-state index >= 15 is 0 Å². The van der Waals surface area contributed by atoms with Crippen molar-refractivity contribution < 1.29 is 9.59 Å². The predicted octanol–water partition coefficient (Wildman–Crippen LogP) is 1.55. The normalized spacial score (nSPS) is 25.9. The van der Waals surface area contributed by atoms with Gasteiger partial charge in [0.05, 0.1) is 0 Å². The molecule has 0 spiro atoms. The van der Waals surface area contributed by atoms with E-state index in [0.29, 0.717) is 13.0 Å². The molecule has 1 N–H and O–H groups in total. The third-order valence-electron chi connectivity index (χ3n) is 4.20. The summed E-state index contributed by atoms with van der Waals surface area (Å²) in [5.74, 6) is 1.08. The minimum absolute atomic E-state index is 0.00759. The molecule has 1 aliphatic heterocycles. The first-order valence-corrected chi connectivity index (χ1v) is 7.16. The molecule has 1 saturated heterocycles. The van der Waals surface area contributed by atoms with Crippen molar-refractivity contribution >= 4 is 11.8 Å². The molecule has 4 nitrogen and oxygen atoms in total. The van der Waals surface area contributed by atoms with Gasteiger partial charge in [-0.2, -0.15) is 0 Å². The van der Waals surface area contributed by atoms with Gasteiger partial charge in [0.25, 0.3) is 0 Å². The van der Waals surface area contributed by atoms with Crippen molar-refractivity contribution in [3.8, 4) is 0 Å². The van der Waals surface area contributed by atoms with Crippen LogP contribution in [0.25, 0.3) is 0 Å². The quantitative estimate of drug-likeness (QED) is 0.825. The Morgan fingerprint density at radius 3 is 2.61 bits per heavy atom. The molecule has 18 heavy (non-hydrogen) atoms. The second-order valence-corrected chi connectivity index (χ2v) is 5.95. The first-order chi connectivity index (χ1) is 8.58. The lowest BCUT2D eigenvalue weighted by Crippen LogP contribution is -2.48. The molecule has 2 aliphatic rings. The van der Waals surface area contributed by atoms with Gasteiger partial charge in [-0.1, -0.05) is 33.1 Å². The number of carbonyl (C=O) groups excluding carboxylic acids is 2. The largest absolute Gasteiger partial charge is 0.344 e. The van der Waals surface area contributed by atoms with E-state index in [-0.39, 0.29) is 23.8 Å². The SMILES string of the molecule is CC(C)C1NC(=O)CCN(CCC2CCC2)C1=O. The summed E-state index contributed by atoms with van der Waals surface area (Å²) in [6, 6.07) is -0.332. The predicted molar refractivity (Wildman–Crippen MR) is 69.9 cm³/mol. The van der Waals surface area contributed by atoms with Crippen LogP contribution in [-0.2, 0) is 9.59 Å². The fourth-order valence-corrected chi connectivity index (χ4v) is 2.64. The van der Waals surface area contributed by atoms with Gasteiger partial charge in [0.15, 0.2) is 0 Å². The average Bonchev–Trinajstić information content (AvgIpc) is 2.39. The number of nitrogens with one attached hydrogen (secondary N) is 1. The number of hydrogen-bond donors (Lipinski definition) is 1. The molecular formula is C14H24N2O2. The minimum atomic E-state index is -0.332. The van der Waals surface area contributed by atoms with Crippen LogP contribution in [0, 0.1) is 11.8 Å². The summed E-state index contributed by atoms with van der Waals surface area (Å²) in [4.78, 5) is 25.9. The van der Waals surface area contributed by atoms with Crippen molar-refractivity contribution in [2.75, 3.05) is 13.1 Å². The Morgan fingerprint density at radius 1 is 1.33 bits per heavy atom. The second kappa shape index (κ2) is 5.72. The molecule has 0 aromatic rings. The van der Waals surface area contributed by atoms with E-state index in [1.165, 1.54) is 19.3 Å². The number of nitrogens with zero attached hydrogens (tertiary/aromatic N) is 1. The van der Waals surface area contributed by atoms with Crippen molar-refractivity contribution in [3.05, 3.63) is 0 Å². The van der Waals surface area contributed by atoms with Crippen LogP contribution in [0.2, 0.25) is 0 Å². The van der Waals surface area contributed by atoms with Crippen LogP contribution in [0.3, 0.4) is 0 Å². The summed E-state index contributed by atoms with van der Waals surface area (Å²) in [5, 5.41) is 2.84. The van der Waals surface area contributed by atoms with Crippen molar-refractivity contribution in [2.24, 2.45) is 11.8 Å². The summed E-state index contributed by atoms with van der Waals surface area (Å²) in [6.45, 7) is 5.37. The molecule has 1 saturated carbocycles. The molecule has 1 unspecified atom stereocenters. The number of carbonyl (C=O) groups is 2.